The summed E-state index contributed by atoms with van der Waals surface area (Å²) in [6, 6.07) is 10.7. The number of hydrogen-bond donors (Lipinski definition) is 0. The Hall–Kier alpha value is -2.91. The molecular formula is C22H20F2N6S. The van der Waals surface area contributed by atoms with Gasteiger partial charge in [0, 0.05) is 11.1 Å². The van der Waals surface area contributed by atoms with Gasteiger partial charge in [0.25, 0.3) is 0 Å². The molecule has 6 nitrogen and oxygen atoms in total. The number of aromatic nitrogens is 5. The fourth-order valence-corrected chi connectivity index (χ4v) is 4.74. The molecule has 4 aromatic rings. The molecule has 9 heteroatoms. The van der Waals surface area contributed by atoms with Crippen molar-refractivity contribution < 1.29 is 8.78 Å². The molecule has 0 atom stereocenters. The molecule has 0 bridgehead atoms. The minimum absolute atomic E-state index is 0.305. The van der Waals surface area contributed by atoms with E-state index in [1.54, 1.807) is 18.2 Å². The van der Waals surface area contributed by atoms with Gasteiger partial charge in [-0.15, -0.1) is 10.2 Å². The van der Waals surface area contributed by atoms with Crippen LogP contribution in [0.5, 0.6) is 0 Å². The summed E-state index contributed by atoms with van der Waals surface area (Å²) in [4.78, 5) is 10.9. The first-order valence-corrected chi connectivity index (χ1v) is 11.0. The van der Waals surface area contributed by atoms with Crippen molar-refractivity contribution in [3.05, 3.63) is 66.3 Å². The molecule has 2 aromatic carbocycles. The van der Waals surface area contributed by atoms with E-state index in [1.165, 1.54) is 61.6 Å². The first-order valence-electron chi connectivity index (χ1n) is 10.2. The minimum atomic E-state index is -0.352. The number of benzene rings is 2. The SMILES string of the molecule is Fc1ccc(-n2c(CN3CCCCC3)nnc2Sc2ncnc3ccc(F)cc23)cc1. The molecule has 1 saturated heterocycles. The van der Waals surface area contributed by atoms with E-state index >= 15 is 0 Å². The summed E-state index contributed by atoms with van der Waals surface area (Å²) < 4.78 is 29.3. The molecule has 0 saturated carbocycles. The highest BCUT2D eigenvalue weighted by Gasteiger charge is 2.20. The average molecular weight is 439 g/mol. The predicted octanol–water partition coefficient (Wildman–Crippen LogP) is 4.63. The van der Waals surface area contributed by atoms with E-state index < -0.39 is 0 Å². The Balaban J connectivity index is 1.55. The number of halogens is 2. The molecule has 1 aliphatic heterocycles. The second-order valence-electron chi connectivity index (χ2n) is 7.49. The molecular weight excluding hydrogens is 418 g/mol. The summed E-state index contributed by atoms with van der Waals surface area (Å²) in [6.45, 7) is 2.70. The van der Waals surface area contributed by atoms with Crippen LogP contribution in [-0.2, 0) is 6.54 Å². The van der Waals surface area contributed by atoms with Gasteiger partial charge >= 0.3 is 0 Å². The van der Waals surface area contributed by atoms with Crippen LogP contribution < -0.4 is 0 Å². The Kier molecular flexibility index (Phi) is 5.61. The molecule has 0 N–H and O–H groups in total. The second-order valence-corrected chi connectivity index (χ2v) is 8.45. The van der Waals surface area contributed by atoms with E-state index in [0.717, 1.165) is 24.6 Å². The molecule has 158 valence electrons. The predicted molar refractivity (Wildman–Crippen MR) is 114 cm³/mol. The topological polar surface area (TPSA) is 59.7 Å². The summed E-state index contributed by atoms with van der Waals surface area (Å²) in [5.74, 6) is 0.122. The zero-order chi connectivity index (χ0) is 21.2. The lowest BCUT2D eigenvalue weighted by molar-refractivity contribution is 0.214. The lowest BCUT2D eigenvalue weighted by atomic mass is 10.1. The van der Waals surface area contributed by atoms with Crippen molar-refractivity contribution in [1.29, 1.82) is 0 Å². The van der Waals surface area contributed by atoms with Gasteiger partial charge in [0.2, 0.25) is 5.16 Å². The summed E-state index contributed by atoms with van der Waals surface area (Å²) in [6.07, 6.45) is 5.05. The lowest BCUT2D eigenvalue weighted by Crippen LogP contribution is -2.30. The van der Waals surface area contributed by atoms with E-state index in [4.69, 9.17) is 0 Å². The fraction of sp³-hybridized carbons (Fsp3) is 0.273. The normalized spacial score (nSPS) is 14.9. The highest BCUT2D eigenvalue weighted by Crippen LogP contribution is 2.32. The molecule has 0 aliphatic carbocycles. The van der Waals surface area contributed by atoms with Gasteiger partial charge < -0.3 is 0 Å². The third-order valence-corrected chi connectivity index (χ3v) is 6.31. The Labute approximate surface area is 182 Å². The molecule has 0 unspecified atom stereocenters. The summed E-state index contributed by atoms with van der Waals surface area (Å²) in [5, 5.41) is 10.6. The van der Waals surface area contributed by atoms with E-state index in [2.05, 4.69) is 25.1 Å². The van der Waals surface area contributed by atoms with Crippen LogP contribution in [0, 0.1) is 11.6 Å². The molecule has 3 heterocycles. The second kappa shape index (κ2) is 8.68. The van der Waals surface area contributed by atoms with Crippen LogP contribution in [0.25, 0.3) is 16.6 Å². The zero-order valence-electron chi connectivity index (χ0n) is 16.7. The van der Waals surface area contributed by atoms with Gasteiger partial charge in [-0.3, -0.25) is 9.47 Å². The van der Waals surface area contributed by atoms with Crippen LogP contribution in [-0.4, -0.2) is 42.7 Å². The summed E-state index contributed by atoms with van der Waals surface area (Å²) in [5.41, 5.74) is 1.42. The Morgan fingerprint density at radius 3 is 2.45 bits per heavy atom. The molecule has 1 fully saturated rings. The van der Waals surface area contributed by atoms with E-state index in [9.17, 15) is 8.78 Å². The third kappa shape index (κ3) is 4.28. The van der Waals surface area contributed by atoms with Gasteiger partial charge in [0.05, 0.1) is 12.1 Å². The smallest absolute Gasteiger partial charge is 0.202 e. The quantitative estimate of drug-likeness (QED) is 0.424. The minimum Gasteiger partial charge on any atom is -0.296 e. The largest absolute Gasteiger partial charge is 0.296 e. The summed E-state index contributed by atoms with van der Waals surface area (Å²) >= 11 is 1.29. The van der Waals surface area contributed by atoms with E-state index in [-0.39, 0.29) is 11.6 Å². The van der Waals surface area contributed by atoms with Gasteiger partial charge in [-0.1, -0.05) is 6.42 Å². The molecule has 5 rings (SSSR count). The van der Waals surface area contributed by atoms with Gasteiger partial charge in [-0.25, -0.2) is 18.7 Å². The first-order chi connectivity index (χ1) is 15.2. The van der Waals surface area contributed by atoms with Crippen LogP contribution in [0.15, 0.2) is 59.0 Å². The molecule has 0 radical (unpaired) electrons. The number of rotatable bonds is 5. The number of nitrogens with zero attached hydrogens (tertiary/aromatic N) is 6. The van der Waals surface area contributed by atoms with Crippen LogP contribution in [0.4, 0.5) is 8.78 Å². The van der Waals surface area contributed by atoms with Crippen LogP contribution in [0.3, 0.4) is 0 Å². The number of piperidine rings is 1. The van der Waals surface area contributed by atoms with Crippen molar-refractivity contribution >= 4 is 22.7 Å². The van der Waals surface area contributed by atoms with Crippen molar-refractivity contribution in [3.8, 4) is 5.69 Å². The highest BCUT2D eigenvalue weighted by molar-refractivity contribution is 7.99. The number of hydrogen-bond acceptors (Lipinski definition) is 6. The Bertz CT molecular complexity index is 1200. The van der Waals surface area contributed by atoms with Gasteiger partial charge in [0.15, 0.2) is 5.82 Å². The van der Waals surface area contributed by atoms with Crippen molar-refractivity contribution in [1.82, 2.24) is 29.6 Å². The van der Waals surface area contributed by atoms with Gasteiger partial charge in [-0.2, -0.15) is 0 Å². The van der Waals surface area contributed by atoms with E-state index in [1.807, 2.05) is 4.57 Å². The summed E-state index contributed by atoms with van der Waals surface area (Å²) in [7, 11) is 0. The number of fused-ring (bicyclic) bond motifs is 1. The third-order valence-electron chi connectivity index (χ3n) is 5.35. The van der Waals surface area contributed by atoms with Crippen LogP contribution in [0.1, 0.15) is 25.1 Å². The van der Waals surface area contributed by atoms with Gasteiger partial charge in [0.1, 0.15) is 23.0 Å². The molecule has 0 spiro atoms. The zero-order valence-corrected chi connectivity index (χ0v) is 17.5. The van der Waals surface area contributed by atoms with Crippen molar-refractivity contribution in [2.24, 2.45) is 0 Å². The van der Waals surface area contributed by atoms with Crippen molar-refractivity contribution in [2.45, 2.75) is 36.0 Å². The Morgan fingerprint density at radius 2 is 1.65 bits per heavy atom. The first kappa shape index (κ1) is 20.0. The Morgan fingerprint density at radius 1 is 0.871 bits per heavy atom. The maximum Gasteiger partial charge on any atom is 0.202 e. The fourth-order valence-electron chi connectivity index (χ4n) is 3.81. The molecule has 2 aromatic heterocycles. The highest BCUT2D eigenvalue weighted by atomic mass is 32.2. The average Bonchev–Trinajstić information content (AvgIpc) is 3.17. The number of likely N-dealkylation sites (tertiary alicyclic amines) is 1. The monoisotopic (exact) mass is 438 g/mol. The molecule has 0 amide bonds. The van der Waals surface area contributed by atoms with Crippen LogP contribution in [0.2, 0.25) is 0 Å². The van der Waals surface area contributed by atoms with Crippen molar-refractivity contribution in [2.75, 3.05) is 13.1 Å². The van der Waals surface area contributed by atoms with Crippen LogP contribution >= 0.6 is 11.8 Å². The maximum absolute atomic E-state index is 13.9. The van der Waals surface area contributed by atoms with E-state index in [0.29, 0.717) is 27.6 Å². The van der Waals surface area contributed by atoms with Gasteiger partial charge in [-0.05, 0) is 80.2 Å². The standard InChI is InChI=1S/C22H20F2N6S/c23-15-4-7-17(8-5-15)30-20(13-29-10-2-1-3-11-29)27-28-22(30)31-21-18-12-16(24)6-9-19(18)25-14-26-21/h4-9,12,14H,1-3,10-11,13H2. The van der Waals surface area contributed by atoms with Crippen molar-refractivity contribution in [3.63, 3.8) is 0 Å². The molecule has 1 aliphatic rings. The maximum atomic E-state index is 13.9. The lowest BCUT2D eigenvalue weighted by Gasteiger charge is -2.26. The molecule has 31 heavy (non-hydrogen) atoms.